The van der Waals surface area contributed by atoms with Gasteiger partial charge in [-0.05, 0) is 25.1 Å². The van der Waals surface area contributed by atoms with Gasteiger partial charge in [-0.3, -0.25) is 14.9 Å². The molecule has 29 heavy (non-hydrogen) atoms. The van der Waals surface area contributed by atoms with Crippen molar-refractivity contribution in [3.63, 3.8) is 0 Å². The van der Waals surface area contributed by atoms with Gasteiger partial charge in [0.05, 0.1) is 0 Å². The zero-order chi connectivity index (χ0) is 20.2. The first-order valence-electron chi connectivity index (χ1n) is 9.31. The van der Waals surface area contributed by atoms with Gasteiger partial charge in [-0.2, -0.15) is 5.10 Å². The standard InChI is InChI=1S/C19H21N7O2S/c1-14-21-22-19(29-14)20-17(27)13-26-18(28)8-7-16(23-26)25-11-9-24(10-12-25)15-5-3-2-4-6-15/h2-8H,9-13H2,1H3,(H,20,22,27). The van der Waals surface area contributed by atoms with Gasteiger partial charge in [0.15, 0.2) is 0 Å². The predicted octanol–water partition coefficient (Wildman–Crippen LogP) is 1.37. The number of nitrogens with zero attached hydrogens (tertiary/aromatic N) is 6. The van der Waals surface area contributed by atoms with E-state index in [1.54, 1.807) is 13.0 Å². The number of hydrogen-bond donors (Lipinski definition) is 1. The average Bonchev–Trinajstić information content (AvgIpc) is 3.15. The molecule has 150 valence electrons. The highest BCUT2D eigenvalue weighted by Crippen LogP contribution is 2.18. The average molecular weight is 411 g/mol. The minimum Gasteiger partial charge on any atom is -0.368 e. The number of benzene rings is 1. The van der Waals surface area contributed by atoms with Crippen LogP contribution >= 0.6 is 11.3 Å². The Bertz CT molecular complexity index is 1040. The minimum atomic E-state index is -0.359. The summed E-state index contributed by atoms with van der Waals surface area (Å²) < 4.78 is 1.18. The number of carbonyl (C=O) groups is 1. The lowest BCUT2D eigenvalue weighted by atomic mass is 10.2. The maximum absolute atomic E-state index is 12.2. The Labute approximate surface area is 171 Å². The number of piperazine rings is 1. The van der Waals surface area contributed by atoms with Crippen LogP contribution in [0.15, 0.2) is 47.3 Å². The number of carbonyl (C=O) groups excluding carboxylic acids is 1. The number of anilines is 3. The number of aromatic nitrogens is 4. The topological polar surface area (TPSA) is 96.2 Å². The van der Waals surface area contributed by atoms with E-state index in [1.165, 1.54) is 27.8 Å². The van der Waals surface area contributed by atoms with E-state index in [2.05, 4.69) is 42.5 Å². The van der Waals surface area contributed by atoms with Crippen LogP contribution in [-0.2, 0) is 11.3 Å². The third-order valence-electron chi connectivity index (χ3n) is 4.64. The van der Waals surface area contributed by atoms with Crippen molar-refractivity contribution in [2.75, 3.05) is 41.3 Å². The molecule has 0 saturated carbocycles. The van der Waals surface area contributed by atoms with E-state index >= 15 is 0 Å². The molecule has 1 amide bonds. The molecule has 0 spiro atoms. The Balaban J connectivity index is 1.40. The molecule has 1 aliphatic heterocycles. The Morgan fingerprint density at radius 1 is 1.03 bits per heavy atom. The van der Waals surface area contributed by atoms with Crippen LogP contribution < -0.4 is 20.7 Å². The summed E-state index contributed by atoms with van der Waals surface area (Å²) in [7, 11) is 0. The molecule has 4 rings (SSSR count). The molecule has 2 aromatic heterocycles. The van der Waals surface area contributed by atoms with Gasteiger partial charge in [-0.15, -0.1) is 10.2 Å². The monoisotopic (exact) mass is 411 g/mol. The lowest BCUT2D eigenvalue weighted by Crippen LogP contribution is -2.47. The van der Waals surface area contributed by atoms with Crippen LogP contribution in [-0.4, -0.2) is 52.1 Å². The summed E-state index contributed by atoms with van der Waals surface area (Å²) in [6.45, 7) is 4.94. The summed E-state index contributed by atoms with van der Waals surface area (Å²) in [6.07, 6.45) is 0. The van der Waals surface area contributed by atoms with Gasteiger partial charge in [-0.25, -0.2) is 4.68 Å². The van der Waals surface area contributed by atoms with Crippen LogP contribution in [0.5, 0.6) is 0 Å². The maximum Gasteiger partial charge on any atom is 0.267 e. The molecule has 0 radical (unpaired) electrons. The van der Waals surface area contributed by atoms with Crippen LogP contribution in [0.25, 0.3) is 0 Å². The highest BCUT2D eigenvalue weighted by molar-refractivity contribution is 7.15. The molecule has 3 aromatic rings. The fourth-order valence-electron chi connectivity index (χ4n) is 3.19. The van der Waals surface area contributed by atoms with Crippen LogP contribution in [0.4, 0.5) is 16.6 Å². The number of para-hydroxylation sites is 1. The molecule has 9 nitrogen and oxygen atoms in total. The fraction of sp³-hybridized carbons (Fsp3) is 0.316. The molecule has 0 unspecified atom stereocenters. The molecule has 1 fully saturated rings. The van der Waals surface area contributed by atoms with Crippen molar-refractivity contribution in [2.24, 2.45) is 0 Å². The van der Waals surface area contributed by atoms with E-state index in [9.17, 15) is 9.59 Å². The lowest BCUT2D eigenvalue weighted by molar-refractivity contribution is -0.117. The van der Waals surface area contributed by atoms with E-state index < -0.39 is 0 Å². The SMILES string of the molecule is Cc1nnc(NC(=O)Cn2nc(N3CCN(c4ccccc4)CC3)ccc2=O)s1. The lowest BCUT2D eigenvalue weighted by Gasteiger charge is -2.36. The van der Waals surface area contributed by atoms with Gasteiger partial charge >= 0.3 is 0 Å². The number of hydrogen-bond acceptors (Lipinski definition) is 8. The van der Waals surface area contributed by atoms with Gasteiger partial charge in [0.2, 0.25) is 11.0 Å². The number of rotatable bonds is 5. The van der Waals surface area contributed by atoms with Crippen LogP contribution in [0.1, 0.15) is 5.01 Å². The number of amides is 1. The van der Waals surface area contributed by atoms with Crippen molar-refractivity contribution in [3.05, 3.63) is 57.8 Å². The zero-order valence-corrected chi connectivity index (χ0v) is 16.8. The fourth-order valence-corrected chi connectivity index (χ4v) is 3.80. The van der Waals surface area contributed by atoms with E-state index in [1.807, 2.05) is 18.2 Å². The second kappa shape index (κ2) is 8.39. The quantitative estimate of drug-likeness (QED) is 0.677. The normalized spacial score (nSPS) is 14.1. The first kappa shape index (κ1) is 19.1. The maximum atomic E-state index is 12.2. The van der Waals surface area contributed by atoms with E-state index in [4.69, 9.17) is 0 Å². The molecule has 10 heteroatoms. The van der Waals surface area contributed by atoms with Crippen LogP contribution in [0.3, 0.4) is 0 Å². The Hall–Kier alpha value is -3.27. The van der Waals surface area contributed by atoms with Gasteiger partial charge in [0.25, 0.3) is 5.56 Å². The smallest absolute Gasteiger partial charge is 0.267 e. The molecular weight excluding hydrogens is 390 g/mol. The van der Waals surface area contributed by atoms with E-state index in [0.29, 0.717) is 10.9 Å². The van der Waals surface area contributed by atoms with E-state index in [-0.39, 0.29) is 18.0 Å². The first-order chi connectivity index (χ1) is 14.1. The predicted molar refractivity (Wildman–Crippen MR) is 113 cm³/mol. The van der Waals surface area contributed by atoms with E-state index in [0.717, 1.165) is 31.2 Å². The van der Waals surface area contributed by atoms with Gasteiger partial charge < -0.3 is 9.80 Å². The molecule has 1 aliphatic rings. The summed E-state index contributed by atoms with van der Waals surface area (Å²) in [5.74, 6) is 0.332. The second-order valence-electron chi connectivity index (χ2n) is 6.67. The molecule has 0 aliphatic carbocycles. The second-order valence-corrected chi connectivity index (χ2v) is 7.85. The summed E-state index contributed by atoms with van der Waals surface area (Å²) in [4.78, 5) is 28.8. The van der Waals surface area contributed by atoms with Crippen LogP contribution in [0.2, 0.25) is 0 Å². The third-order valence-corrected chi connectivity index (χ3v) is 5.40. The minimum absolute atomic E-state index is 0.171. The first-order valence-corrected chi connectivity index (χ1v) is 10.1. The van der Waals surface area contributed by atoms with Crippen molar-refractivity contribution in [1.82, 2.24) is 20.0 Å². The van der Waals surface area contributed by atoms with Crippen molar-refractivity contribution < 1.29 is 4.79 Å². The van der Waals surface area contributed by atoms with Gasteiger partial charge in [0.1, 0.15) is 17.4 Å². The van der Waals surface area contributed by atoms with Crippen molar-refractivity contribution in [3.8, 4) is 0 Å². The Morgan fingerprint density at radius 2 is 1.76 bits per heavy atom. The van der Waals surface area contributed by atoms with Gasteiger partial charge in [0, 0.05) is 37.9 Å². The third kappa shape index (κ3) is 4.60. The van der Waals surface area contributed by atoms with Crippen molar-refractivity contribution >= 4 is 33.9 Å². The molecule has 1 aromatic carbocycles. The summed E-state index contributed by atoms with van der Waals surface area (Å²) >= 11 is 1.28. The summed E-state index contributed by atoms with van der Waals surface area (Å²) in [5.41, 5.74) is 0.883. The highest BCUT2D eigenvalue weighted by Gasteiger charge is 2.19. The van der Waals surface area contributed by atoms with Crippen molar-refractivity contribution in [2.45, 2.75) is 13.5 Å². The largest absolute Gasteiger partial charge is 0.368 e. The Kier molecular flexibility index (Phi) is 5.52. The molecular formula is C19H21N7O2S. The van der Waals surface area contributed by atoms with Crippen molar-refractivity contribution in [1.29, 1.82) is 0 Å². The van der Waals surface area contributed by atoms with Gasteiger partial charge in [-0.1, -0.05) is 29.5 Å². The zero-order valence-electron chi connectivity index (χ0n) is 16.0. The van der Waals surface area contributed by atoms with Crippen LogP contribution in [0, 0.1) is 6.92 Å². The molecule has 3 heterocycles. The molecule has 1 saturated heterocycles. The molecule has 0 bridgehead atoms. The number of nitrogens with one attached hydrogen (secondary N) is 1. The number of aryl methyl sites for hydroxylation is 1. The summed E-state index contributed by atoms with van der Waals surface area (Å²) in [5, 5.41) is 15.9. The molecule has 0 atom stereocenters. The molecule has 1 N–H and O–H groups in total. The Morgan fingerprint density at radius 3 is 2.45 bits per heavy atom. The summed E-state index contributed by atoms with van der Waals surface area (Å²) in [6, 6.07) is 13.4. The highest BCUT2D eigenvalue weighted by atomic mass is 32.1.